The van der Waals surface area contributed by atoms with Crippen molar-refractivity contribution in [3.63, 3.8) is 0 Å². The lowest BCUT2D eigenvalue weighted by molar-refractivity contribution is 0.102. The van der Waals surface area contributed by atoms with Gasteiger partial charge in [-0.3, -0.25) is 4.79 Å². The summed E-state index contributed by atoms with van der Waals surface area (Å²) in [6.07, 6.45) is -0.0132. The molecule has 0 aliphatic heterocycles. The third kappa shape index (κ3) is 3.85. The molecule has 0 radical (unpaired) electrons. The number of carbonyl (C=O) groups excluding carboxylic acids is 1. The first kappa shape index (κ1) is 17.5. The Morgan fingerprint density at radius 3 is 2.38 bits per heavy atom. The predicted molar refractivity (Wildman–Crippen MR) is 99.2 cm³/mol. The zero-order valence-electron chi connectivity index (χ0n) is 14.7. The zero-order valence-corrected chi connectivity index (χ0v) is 14.7. The minimum Gasteiger partial charge on any atom is -0.497 e. The van der Waals surface area contributed by atoms with Gasteiger partial charge in [0.25, 0.3) is 5.91 Å². The molecule has 26 heavy (non-hydrogen) atoms. The standard InChI is InChI=1S/C20H19NO5/c1-12(2)25-15-8-9-16-17(11-19(22)26-18(16)10-15)20(23)21-13-4-6-14(24-3)7-5-13/h4-12H,1-3H3,(H,21,23). The summed E-state index contributed by atoms with van der Waals surface area (Å²) in [6, 6.07) is 13.2. The lowest BCUT2D eigenvalue weighted by Gasteiger charge is -2.11. The molecule has 3 aromatic rings. The average Bonchev–Trinajstić information content (AvgIpc) is 2.60. The van der Waals surface area contributed by atoms with Gasteiger partial charge in [-0.15, -0.1) is 0 Å². The van der Waals surface area contributed by atoms with Crippen LogP contribution in [-0.4, -0.2) is 19.1 Å². The summed E-state index contributed by atoms with van der Waals surface area (Å²) in [6.45, 7) is 3.80. The number of fused-ring (bicyclic) bond motifs is 1. The van der Waals surface area contributed by atoms with Gasteiger partial charge in [-0.1, -0.05) is 0 Å². The van der Waals surface area contributed by atoms with Crippen LogP contribution in [-0.2, 0) is 0 Å². The highest BCUT2D eigenvalue weighted by atomic mass is 16.5. The summed E-state index contributed by atoms with van der Waals surface area (Å²) in [5, 5.41) is 3.30. The van der Waals surface area contributed by atoms with E-state index in [9.17, 15) is 9.59 Å². The molecule has 1 aromatic heterocycles. The van der Waals surface area contributed by atoms with Crippen LogP contribution in [0.4, 0.5) is 5.69 Å². The topological polar surface area (TPSA) is 77.8 Å². The molecule has 3 rings (SSSR count). The summed E-state index contributed by atoms with van der Waals surface area (Å²) in [7, 11) is 1.57. The van der Waals surface area contributed by atoms with E-state index >= 15 is 0 Å². The molecule has 0 saturated carbocycles. The first-order chi connectivity index (χ1) is 12.5. The van der Waals surface area contributed by atoms with Gasteiger partial charge in [-0.05, 0) is 50.2 Å². The highest BCUT2D eigenvalue weighted by Crippen LogP contribution is 2.24. The van der Waals surface area contributed by atoms with E-state index in [2.05, 4.69) is 5.32 Å². The molecule has 2 aromatic carbocycles. The van der Waals surface area contributed by atoms with Crippen molar-refractivity contribution in [2.45, 2.75) is 20.0 Å². The SMILES string of the molecule is COc1ccc(NC(=O)c2cc(=O)oc3cc(OC(C)C)ccc23)cc1. The van der Waals surface area contributed by atoms with E-state index in [1.165, 1.54) is 6.07 Å². The minimum atomic E-state index is -0.598. The molecular weight excluding hydrogens is 334 g/mol. The Labute approximate surface area is 150 Å². The fraction of sp³-hybridized carbons (Fsp3) is 0.200. The molecule has 0 aliphatic rings. The summed E-state index contributed by atoms with van der Waals surface area (Å²) >= 11 is 0. The van der Waals surface area contributed by atoms with E-state index in [0.29, 0.717) is 28.2 Å². The normalized spacial score (nSPS) is 10.8. The smallest absolute Gasteiger partial charge is 0.337 e. The molecule has 1 N–H and O–H groups in total. The third-order valence-corrected chi connectivity index (χ3v) is 3.68. The van der Waals surface area contributed by atoms with Gasteiger partial charge in [0.1, 0.15) is 17.1 Å². The van der Waals surface area contributed by atoms with Gasteiger partial charge in [0.05, 0.1) is 18.8 Å². The maximum Gasteiger partial charge on any atom is 0.337 e. The fourth-order valence-corrected chi connectivity index (χ4v) is 2.55. The molecule has 0 unspecified atom stereocenters. The van der Waals surface area contributed by atoms with Crippen LogP contribution in [0.25, 0.3) is 11.0 Å². The molecule has 1 amide bonds. The van der Waals surface area contributed by atoms with Crippen molar-refractivity contribution in [2.75, 3.05) is 12.4 Å². The number of amides is 1. The van der Waals surface area contributed by atoms with Crippen molar-refractivity contribution < 1.29 is 18.7 Å². The first-order valence-electron chi connectivity index (χ1n) is 8.16. The quantitative estimate of drug-likeness (QED) is 0.705. The molecule has 0 aliphatic carbocycles. The second-order valence-corrected chi connectivity index (χ2v) is 5.99. The van der Waals surface area contributed by atoms with Gasteiger partial charge in [-0.25, -0.2) is 4.79 Å². The van der Waals surface area contributed by atoms with Gasteiger partial charge in [0, 0.05) is 23.2 Å². The molecule has 6 heteroatoms. The molecule has 134 valence electrons. The molecule has 0 saturated heterocycles. The molecule has 0 bridgehead atoms. The van der Waals surface area contributed by atoms with Crippen LogP contribution in [0.2, 0.25) is 0 Å². The molecule has 1 heterocycles. The summed E-state index contributed by atoms with van der Waals surface area (Å²) in [5.41, 5.74) is 0.537. The van der Waals surface area contributed by atoms with Crippen molar-refractivity contribution in [3.05, 3.63) is 64.5 Å². The minimum absolute atomic E-state index is 0.0132. The van der Waals surface area contributed by atoms with Gasteiger partial charge >= 0.3 is 5.63 Å². The Morgan fingerprint density at radius 2 is 1.73 bits per heavy atom. The molecule has 0 atom stereocenters. The number of benzene rings is 2. The number of methoxy groups -OCH3 is 1. The predicted octanol–water partition coefficient (Wildman–Crippen LogP) is 3.84. The summed E-state index contributed by atoms with van der Waals surface area (Å²) in [4.78, 5) is 24.5. The number of rotatable bonds is 5. The second-order valence-electron chi connectivity index (χ2n) is 5.99. The summed E-state index contributed by atoms with van der Waals surface area (Å²) < 4.78 is 15.9. The van der Waals surface area contributed by atoms with Gasteiger partial charge < -0.3 is 19.2 Å². The van der Waals surface area contributed by atoms with E-state index in [1.807, 2.05) is 13.8 Å². The first-order valence-corrected chi connectivity index (χ1v) is 8.16. The highest BCUT2D eigenvalue weighted by molar-refractivity contribution is 6.12. The summed E-state index contributed by atoms with van der Waals surface area (Å²) in [5.74, 6) is 0.862. The monoisotopic (exact) mass is 353 g/mol. The van der Waals surface area contributed by atoms with Crippen LogP contribution in [0.5, 0.6) is 11.5 Å². The van der Waals surface area contributed by atoms with Crippen LogP contribution in [0, 0.1) is 0 Å². The highest BCUT2D eigenvalue weighted by Gasteiger charge is 2.14. The fourth-order valence-electron chi connectivity index (χ4n) is 2.55. The average molecular weight is 353 g/mol. The third-order valence-electron chi connectivity index (χ3n) is 3.68. The van der Waals surface area contributed by atoms with Gasteiger partial charge in [-0.2, -0.15) is 0 Å². The van der Waals surface area contributed by atoms with Crippen LogP contribution in [0.15, 0.2) is 57.7 Å². The lowest BCUT2D eigenvalue weighted by Crippen LogP contribution is -2.15. The van der Waals surface area contributed by atoms with E-state index < -0.39 is 11.5 Å². The second kappa shape index (κ2) is 7.31. The van der Waals surface area contributed by atoms with Crippen LogP contribution in [0.3, 0.4) is 0 Å². The Kier molecular flexibility index (Phi) is 4.93. The number of nitrogens with one attached hydrogen (secondary N) is 1. The van der Waals surface area contributed by atoms with Crippen LogP contribution < -0.4 is 20.4 Å². The van der Waals surface area contributed by atoms with E-state index in [0.717, 1.165) is 0 Å². The number of carbonyl (C=O) groups is 1. The van der Waals surface area contributed by atoms with Crippen molar-refractivity contribution in [1.29, 1.82) is 0 Å². The van der Waals surface area contributed by atoms with Crippen molar-refractivity contribution >= 4 is 22.6 Å². The Hall–Kier alpha value is -3.28. The van der Waals surface area contributed by atoms with Gasteiger partial charge in [0.2, 0.25) is 0 Å². The van der Waals surface area contributed by atoms with Crippen molar-refractivity contribution in [2.24, 2.45) is 0 Å². The van der Waals surface area contributed by atoms with Crippen molar-refractivity contribution in [3.8, 4) is 11.5 Å². The molecule has 6 nitrogen and oxygen atoms in total. The van der Waals surface area contributed by atoms with Gasteiger partial charge in [0.15, 0.2) is 0 Å². The van der Waals surface area contributed by atoms with Crippen LogP contribution in [0.1, 0.15) is 24.2 Å². The number of hydrogen-bond acceptors (Lipinski definition) is 5. The number of ether oxygens (including phenoxy) is 2. The Morgan fingerprint density at radius 1 is 1.04 bits per heavy atom. The van der Waals surface area contributed by atoms with E-state index in [4.69, 9.17) is 13.9 Å². The van der Waals surface area contributed by atoms with Crippen LogP contribution >= 0.6 is 0 Å². The maximum atomic E-state index is 12.6. The van der Waals surface area contributed by atoms with E-state index in [-0.39, 0.29) is 11.7 Å². The zero-order chi connectivity index (χ0) is 18.7. The Balaban J connectivity index is 1.94. The molecule has 0 spiro atoms. The molecular formula is C20H19NO5. The molecule has 0 fully saturated rings. The van der Waals surface area contributed by atoms with Crippen molar-refractivity contribution in [1.82, 2.24) is 0 Å². The van der Waals surface area contributed by atoms with E-state index in [1.54, 1.807) is 49.6 Å². The maximum absolute atomic E-state index is 12.6. The number of anilines is 1. The Bertz CT molecular complexity index is 989. The number of hydrogen-bond donors (Lipinski definition) is 1. The lowest BCUT2D eigenvalue weighted by atomic mass is 10.1. The largest absolute Gasteiger partial charge is 0.497 e.